The minimum atomic E-state index is 0.131. The van der Waals surface area contributed by atoms with Gasteiger partial charge in [-0.05, 0) is 43.4 Å². The van der Waals surface area contributed by atoms with Crippen LogP contribution in [0, 0.1) is 0 Å². The van der Waals surface area contributed by atoms with Crippen molar-refractivity contribution in [3.63, 3.8) is 0 Å². The quantitative estimate of drug-likeness (QED) is 0.631. The molecule has 148 valence electrons. The van der Waals surface area contributed by atoms with Gasteiger partial charge in [0.05, 0.1) is 5.52 Å². The number of rotatable bonds is 8. The van der Waals surface area contributed by atoms with Crippen molar-refractivity contribution in [3.8, 4) is 0 Å². The molecule has 0 radical (unpaired) electrons. The lowest BCUT2D eigenvalue weighted by Crippen LogP contribution is -2.32. The third-order valence-electron chi connectivity index (χ3n) is 5.61. The van der Waals surface area contributed by atoms with Crippen molar-refractivity contribution >= 4 is 22.6 Å². The van der Waals surface area contributed by atoms with Gasteiger partial charge in [0.25, 0.3) is 0 Å². The van der Waals surface area contributed by atoms with Crippen LogP contribution in [0.2, 0.25) is 0 Å². The molecule has 0 saturated heterocycles. The number of para-hydroxylation sites is 1. The Kier molecular flexibility index (Phi) is 4.88. The van der Waals surface area contributed by atoms with Crippen LogP contribution in [0.1, 0.15) is 49.4 Å². The third-order valence-corrected chi connectivity index (χ3v) is 5.61. The maximum Gasteiger partial charge on any atom is 0.221 e. The lowest BCUT2D eigenvalue weighted by molar-refractivity contribution is -0.121. The van der Waals surface area contributed by atoms with Gasteiger partial charge in [-0.2, -0.15) is 0 Å². The van der Waals surface area contributed by atoms with Crippen molar-refractivity contribution in [2.45, 2.75) is 50.6 Å². The van der Waals surface area contributed by atoms with Crippen LogP contribution in [0.25, 0.3) is 10.9 Å². The number of amides is 1. The second kappa shape index (κ2) is 7.82. The van der Waals surface area contributed by atoms with Gasteiger partial charge < -0.3 is 10.2 Å². The molecular formula is C24H26N4O. The molecular weight excluding hydrogens is 360 g/mol. The van der Waals surface area contributed by atoms with E-state index in [9.17, 15) is 4.79 Å². The Morgan fingerprint density at radius 1 is 0.966 bits per heavy atom. The van der Waals surface area contributed by atoms with Crippen molar-refractivity contribution in [2.75, 3.05) is 11.4 Å². The Bertz CT molecular complexity index is 1010. The smallest absolute Gasteiger partial charge is 0.221 e. The van der Waals surface area contributed by atoms with Crippen molar-refractivity contribution in [3.05, 3.63) is 66.0 Å². The third kappa shape index (κ3) is 4.39. The van der Waals surface area contributed by atoms with E-state index >= 15 is 0 Å². The minimum Gasteiger partial charge on any atom is -0.353 e. The van der Waals surface area contributed by atoms with Crippen molar-refractivity contribution in [1.29, 1.82) is 0 Å². The Morgan fingerprint density at radius 3 is 2.48 bits per heavy atom. The zero-order valence-corrected chi connectivity index (χ0v) is 16.6. The number of aromatic nitrogens is 2. The summed E-state index contributed by atoms with van der Waals surface area (Å²) in [6.07, 6.45) is 5.03. The predicted octanol–water partition coefficient (Wildman–Crippen LogP) is 4.18. The maximum absolute atomic E-state index is 12.4. The number of hydrogen-bond acceptors (Lipinski definition) is 4. The van der Waals surface area contributed by atoms with E-state index in [1.807, 2.05) is 18.2 Å². The van der Waals surface area contributed by atoms with Gasteiger partial charge >= 0.3 is 0 Å². The number of nitrogens with one attached hydrogen (secondary N) is 1. The Labute approximate surface area is 171 Å². The van der Waals surface area contributed by atoms with Gasteiger partial charge in [0.1, 0.15) is 11.6 Å². The first kappa shape index (κ1) is 18.1. The monoisotopic (exact) mass is 386 g/mol. The van der Waals surface area contributed by atoms with Crippen LogP contribution >= 0.6 is 0 Å². The molecule has 0 unspecified atom stereocenters. The molecule has 29 heavy (non-hydrogen) atoms. The molecule has 5 heteroatoms. The lowest BCUT2D eigenvalue weighted by atomic mass is 10.1. The number of carbonyl (C=O) groups is 1. The summed E-state index contributed by atoms with van der Waals surface area (Å²) < 4.78 is 0. The van der Waals surface area contributed by atoms with Gasteiger partial charge in [-0.25, -0.2) is 9.97 Å². The summed E-state index contributed by atoms with van der Waals surface area (Å²) >= 11 is 0. The fourth-order valence-electron chi connectivity index (χ4n) is 3.67. The summed E-state index contributed by atoms with van der Waals surface area (Å²) in [5.74, 6) is 2.50. The molecule has 0 bridgehead atoms. The Hall–Kier alpha value is -2.95. The van der Waals surface area contributed by atoms with E-state index < -0.39 is 0 Å². The van der Waals surface area contributed by atoms with E-state index in [1.54, 1.807) is 0 Å². The summed E-state index contributed by atoms with van der Waals surface area (Å²) in [6, 6.07) is 19.0. The van der Waals surface area contributed by atoms with Gasteiger partial charge in [0.15, 0.2) is 0 Å². The van der Waals surface area contributed by atoms with E-state index in [-0.39, 0.29) is 5.91 Å². The molecule has 2 saturated carbocycles. The molecule has 2 aliphatic rings. The maximum atomic E-state index is 12.4. The largest absolute Gasteiger partial charge is 0.353 e. The minimum absolute atomic E-state index is 0.131. The van der Waals surface area contributed by atoms with Gasteiger partial charge in [-0.1, -0.05) is 42.5 Å². The molecule has 2 fully saturated rings. The first-order valence-corrected chi connectivity index (χ1v) is 10.6. The van der Waals surface area contributed by atoms with Gasteiger partial charge in [0.2, 0.25) is 5.91 Å². The van der Waals surface area contributed by atoms with Crippen molar-refractivity contribution < 1.29 is 4.79 Å². The molecule has 0 atom stereocenters. The highest BCUT2D eigenvalue weighted by Gasteiger charge is 2.29. The number of fused-ring (bicyclic) bond motifs is 1. The molecule has 2 aliphatic carbocycles. The molecule has 1 aromatic heterocycles. The number of nitrogens with zero attached hydrogens (tertiary/aromatic N) is 3. The summed E-state index contributed by atoms with van der Waals surface area (Å²) in [7, 11) is 0. The van der Waals surface area contributed by atoms with Crippen LogP contribution in [0.4, 0.5) is 5.82 Å². The molecule has 5 rings (SSSR count). The van der Waals surface area contributed by atoms with Gasteiger partial charge in [0, 0.05) is 36.9 Å². The molecule has 1 N–H and O–H groups in total. The molecule has 0 spiro atoms. The second-order valence-electron chi connectivity index (χ2n) is 8.20. The topological polar surface area (TPSA) is 58.1 Å². The van der Waals surface area contributed by atoms with E-state index in [0.29, 0.717) is 24.9 Å². The highest BCUT2D eigenvalue weighted by molar-refractivity contribution is 5.90. The number of hydrogen-bond donors (Lipinski definition) is 1. The zero-order valence-electron chi connectivity index (χ0n) is 16.6. The fraction of sp³-hybridized carbons (Fsp3) is 0.375. The predicted molar refractivity (Wildman–Crippen MR) is 115 cm³/mol. The van der Waals surface area contributed by atoms with Crippen LogP contribution in [-0.2, 0) is 11.3 Å². The SMILES string of the molecule is O=C(CCN(Cc1ccccc1)c1nc(C2CC2)nc2ccccc12)NC1CC1. The molecule has 2 aromatic carbocycles. The lowest BCUT2D eigenvalue weighted by Gasteiger charge is -2.25. The van der Waals surface area contributed by atoms with Crippen LogP contribution in [-0.4, -0.2) is 28.5 Å². The highest BCUT2D eigenvalue weighted by atomic mass is 16.1. The van der Waals surface area contributed by atoms with Crippen LogP contribution < -0.4 is 10.2 Å². The van der Waals surface area contributed by atoms with E-state index in [1.165, 1.54) is 18.4 Å². The van der Waals surface area contributed by atoms with E-state index in [2.05, 4.69) is 46.6 Å². The Balaban J connectivity index is 1.47. The molecule has 3 aromatic rings. The molecule has 1 amide bonds. The van der Waals surface area contributed by atoms with Gasteiger partial charge in [-0.15, -0.1) is 0 Å². The summed E-state index contributed by atoms with van der Waals surface area (Å²) in [5.41, 5.74) is 2.20. The average molecular weight is 386 g/mol. The number of carbonyl (C=O) groups excluding carboxylic acids is 1. The normalized spacial score (nSPS) is 16.0. The Morgan fingerprint density at radius 2 is 1.72 bits per heavy atom. The van der Waals surface area contributed by atoms with Crippen LogP contribution in [0.3, 0.4) is 0 Å². The van der Waals surface area contributed by atoms with Crippen molar-refractivity contribution in [1.82, 2.24) is 15.3 Å². The number of anilines is 1. The summed E-state index contributed by atoms with van der Waals surface area (Å²) in [5, 5.41) is 4.15. The van der Waals surface area contributed by atoms with Crippen LogP contribution in [0.15, 0.2) is 54.6 Å². The van der Waals surface area contributed by atoms with E-state index in [0.717, 1.165) is 41.9 Å². The first-order chi connectivity index (χ1) is 14.3. The average Bonchev–Trinajstić information content (AvgIpc) is 3.66. The van der Waals surface area contributed by atoms with E-state index in [4.69, 9.17) is 9.97 Å². The highest BCUT2D eigenvalue weighted by Crippen LogP contribution is 2.40. The van der Waals surface area contributed by atoms with Crippen molar-refractivity contribution in [2.24, 2.45) is 0 Å². The molecule has 0 aliphatic heterocycles. The van der Waals surface area contributed by atoms with Crippen LogP contribution in [0.5, 0.6) is 0 Å². The zero-order chi connectivity index (χ0) is 19.6. The fourth-order valence-corrected chi connectivity index (χ4v) is 3.67. The van der Waals surface area contributed by atoms with Gasteiger partial charge in [-0.3, -0.25) is 4.79 Å². The first-order valence-electron chi connectivity index (χ1n) is 10.6. The summed E-state index contributed by atoms with van der Waals surface area (Å²) in [6.45, 7) is 1.36. The number of benzene rings is 2. The standard InChI is InChI=1S/C24H26N4O/c29-22(25-19-12-13-19)14-15-28(16-17-6-2-1-3-7-17)24-20-8-4-5-9-21(20)26-23(27-24)18-10-11-18/h1-9,18-19H,10-16H2,(H,25,29). The summed E-state index contributed by atoms with van der Waals surface area (Å²) in [4.78, 5) is 24.4. The molecule has 5 nitrogen and oxygen atoms in total. The molecule has 1 heterocycles. The second-order valence-corrected chi connectivity index (χ2v) is 8.20.